The van der Waals surface area contributed by atoms with Gasteiger partial charge in [0.2, 0.25) is 11.8 Å². The molecule has 2 aliphatic rings. The normalized spacial score (nSPS) is 17.1. The number of anilines is 1. The lowest BCUT2D eigenvalue weighted by atomic mass is 9.88. The number of hydrogen-bond donors (Lipinski definition) is 0. The zero-order chi connectivity index (χ0) is 26.8. The van der Waals surface area contributed by atoms with Crippen molar-refractivity contribution in [2.24, 2.45) is 5.92 Å². The lowest BCUT2D eigenvalue weighted by molar-refractivity contribution is -0.141. The van der Waals surface area contributed by atoms with E-state index in [9.17, 15) is 9.59 Å². The molecule has 1 unspecified atom stereocenters. The van der Waals surface area contributed by atoms with Crippen molar-refractivity contribution in [3.05, 3.63) is 72.1 Å². The quantitative estimate of drug-likeness (QED) is 0.402. The largest absolute Gasteiger partial charge is 0.497 e. The summed E-state index contributed by atoms with van der Waals surface area (Å²) in [6.07, 6.45) is 7.15. The van der Waals surface area contributed by atoms with E-state index in [1.54, 1.807) is 19.1 Å². The van der Waals surface area contributed by atoms with Gasteiger partial charge in [0.25, 0.3) is 0 Å². The van der Waals surface area contributed by atoms with E-state index >= 15 is 0 Å². The molecule has 0 N–H and O–H groups in total. The highest BCUT2D eigenvalue weighted by molar-refractivity contribution is 6.00. The number of carbonyl (C=O) groups is 2. The molecule has 1 aliphatic heterocycles. The van der Waals surface area contributed by atoms with Crippen molar-refractivity contribution in [1.29, 1.82) is 0 Å². The zero-order valence-electron chi connectivity index (χ0n) is 22.7. The monoisotopic (exact) mass is 515 g/mol. The Labute approximate surface area is 224 Å². The second-order valence-electron chi connectivity index (χ2n) is 10.5. The molecule has 0 radical (unpaired) electrons. The molecule has 2 amide bonds. The van der Waals surface area contributed by atoms with Crippen molar-refractivity contribution in [3.63, 3.8) is 0 Å². The van der Waals surface area contributed by atoms with Gasteiger partial charge in [-0.2, -0.15) is 0 Å². The first-order valence-corrected chi connectivity index (χ1v) is 13.6. The third-order valence-electron chi connectivity index (χ3n) is 7.89. The molecule has 0 bridgehead atoms. The number of aromatic nitrogens is 1. The number of benzene rings is 2. The van der Waals surface area contributed by atoms with E-state index in [0.29, 0.717) is 11.5 Å². The molecule has 1 atom stereocenters. The number of methoxy groups -OCH3 is 2. The van der Waals surface area contributed by atoms with Gasteiger partial charge < -0.3 is 18.9 Å². The van der Waals surface area contributed by atoms with Crippen LogP contribution in [0.3, 0.4) is 0 Å². The van der Waals surface area contributed by atoms with Gasteiger partial charge in [0.05, 0.1) is 31.3 Å². The van der Waals surface area contributed by atoms with Gasteiger partial charge in [0.1, 0.15) is 24.1 Å². The van der Waals surface area contributed by atoms with Gasteiger partial charge in [-0.3, -0.25) is 14.5 Å². The highest BCUT2D eigenvalue weighted by Gasteiger charge is 2.39. The highest BCUT2D eigenvalue weighted by Crippen LogP contribution is 2.45. The van der Waals surface area contributed by atoms with Crippen LogP contribution in [0.4, 0.5) is 5.69 Å². The number of hydrogen-bond acceptors (Lipinski definition) is 4. The summed E-state index contributed by atoms with van der Waals surface area (Å²) in [5, 5.41) is 0. The number of rotatable bonds is 7. The van der Waals surface area contributed by atoms with Gasteiger partial charge in [-0.1, -0.05) is 31.4 Å². The molecule has 1 fully saturated rings. The first-order valence-electron chi connectivity index (χ1n) is 13.6. The number of nitrogens with zero attached hydrogens (tertiary/aromatic N) is 3. The minimum Gasteiger partial charge on any atom is -0.497 e. The summed E-state index contributed by atoms with van der Waals surface area (Å²) in [5.74, 6) is 1.31. The van der Waals surface area contributed by atoms with Gasteiger partial charge in [-0.05, 0) is 69.2 Å². The van der Waals surface area contributed by atoms with Crippen molar-refractivity contribution in [3.8, 4) is 17.2 Å². The molecule has 2 aromatic carbocycles. The molecule has 7 heteroatoms. The first-order chi connectivity index (χ1) is 18.4. The molecule has 200 valence electrons. The lowest BCUT2D eigenvalue weighted by Gasteiger charge is -2.40. The van der Waals surface area contributed by atoms with Crippen LogP contribution in [0, 0.1) is 5.92 Å². The first kappa shape index (κ1) is 25.9. The Hall–Kier alpha value is -3.74. The topological polar surface area (TPSA) is 64.0 Å². The van der Waals surface area contributed by atoms with Gasteiger partial charge >= 0.3 is 0 Å². The summed E-state index contributed by atoms with van der Waals surface area (Å²) in [4.78, 5) is 31.6. The van der Waals surface area contributed by atoms with Crippen LogP contribution in [-0.2, 0) is 9.59 Å². The van der Waals surface area contributed by atoms with Crippen LogP contribution in [0.25, 0.3) is 5.69 Å². The molecule has 3 aromatic rings. The van der Waals surface area contributed by atoms with Crippen LogP contribution < -0.4 is 14.4 Å². The highest BCUT2D eigenvalue weighted by atomic mass is 16.5. The van der Waals surface area contributed by atoms with Crippen LogP contribution in [0.15, 0.2) is 60.8 Å². The maximum absolute atomic E-state index is 14.4. The smallest absolute Gasteiger partial charge is 0.247 e. The van der Waals surface area contributed by atoms with Crippen molar-refractivity contribution in [2.45, 2.75) is 58.0 Å². The molecule has 5 rings (SSSR count). The van der Waals surface area contributed by atoms with E-state index in [1.807, 2.05) is 79.5 Å². The van der Waals surface area contributed by atoms with Crippen LogP contribution in [-0.4, -0.2) is 48.1 Å². The minimum absolute atomic E-state index is 0.000834. The third kappa shape index (κ3) is 4.66. The van der Waals surface area contributed by atoms with Crippen LogP contribution >= 0.6 is 0 Å². The van der Waals surface area contributed by atoms with Crippen LogP contribution in [0.1, 0.15) is 63.3 Å². The van der Waals surface area contributed by atoms with Gasteiger partial charge in [-0.15, -0.1) is 0 Å². The Bertz CT molecular complexity index is 1310. The fourth-order valence-electron chi connectivity index (χ4n) is 5.93. The number of amides is 2. The lowest BCUT2D eigenvalue weighted by Crippen LogP contribution is -2.50. The van der Waals surface area contributed by atoms with E-state index in [4.69, 9.17) is 9.47 Å². The molecule has 2 heterocycles. The number of para-hydroxylation sites is 2. The third-order valence-corrected chi connectivity index (χ3v) is 7.89. The van der Waals surface area contributed by atoms with Crippen LogP contribution in [0.5, 0.6) is 11.5 Å². The standard InChI is InChI=1S/C31H37N3O4/c1-21(2)33(31(36)22-11-6-5-7-12-22)20-29(35)34-26-14-9-8-13-25(26)32-18-10-15-27(32)30(34)24-19-23(37-3)16-17-28(24)38-4/h8-10,13-19,21-22,30H,5-7,11-12,20H2,1-4H3. The number of fused-ring (bicyclic) bond motifs is 3. The summed E-state index contributed by atoms with van der Waals surface area (Å²) in [6, 6.07) is 17.1. The molecule has 1 aliphatic carbocycles. The molecule has 38 heavy (non-hydrogen) atoms. The maximum atomic E-state index is 14.4. The Balaban J connectivity index is 1.60. The summed E-state index contributed by atoms with van der Waals surface area (Å²) in [6.45, 7) is 4.00. The molecule has 0 saturated heterocycles. The Kier molecular flexibility index (Phi) is 7.45. The fourth-order valence-corrected chi connectivity index (χ4v) is 5.93. The molecular weight excluding hydrogens is 478 g/mol. The molecule has 1 saturated carbocycles. The minimum atomic E-state index is -0.462. The van der Waals surface area contributed by atoms with E-state index < -0.39 is 6.04 Å². The van der Waals surface area contributed by atoms with Gasteiger partial charge in [0.15, 0.2) is 0 Å². The average Bonchev–Trinajstić information content (AvgIpc) is 3.44. The summed E-state index contributed by atoms with van der Waals surface area (Å²) >= 11 is 0. The molecule has 0 spiro atoms. The number of ether oxygens (including phenoxy) is 2. The van der Waals surface area contributed by atoms with Gasteiger partial charge in [-0.25, -0.2) is 0 Å². The Morgan fingerprint density at radius 3 is 2.37 bits per heavy atom. The van der Waals surface area contributed by atoms with Gasteiger partial charge in [0, 0.05) is 23.7 Å². The van der Waals surface area contributed by atoms with Crippen molar-refractivity contribution in [1.82, 2.24) is 9.47 Å². The average molecular weight is 516 g/mol. The van der Waals surface area contributed by atoms with Crippen molar-refractivity contribution >= 4 is 17.5 Å². The van der Waals surface area contributed by atoms with E-state index in [2.05, 4.69) is 4.57 Å². The summed E-state index contributed by atoms with van der Waals surface area (Å²) < 4.78 is 13.5. The number of carbonyl (C=O) groups excluding carboxylic acids is 2. The maximum Gasteiger partial charge on any atom is 0.247 e. The molecule has 1 aromatic heterocycles. The predicted octanol–water partition coefficient (Wildman–Crippen LogP) is 5.75. The van der Waals surface area contributed by atoms with E-state index in [1.165, 1.54) is 6.42 Å². The SMILES string of the molecule is COc1ccc(OC)c(C2c3cccn3-c3ccccc3N2C(=O)CN(C(=O)C2CCCCC2)C(C)C)c1. The van der Waals surface area contributed by atoms with E-state index in [0.717, 1.165) is 48.3 Å². The van der Waals surface area contributed by atoms with Crippen molar-refractivity contribution < 1.29 is 19.1 Å². The fraction of sp³-hybridized carbons (Fsp3) is 0.419. The second kappa shape index (κ2) is 10.9. The summed E-state index contributed by atoms with van der Waals surface area (Å²) in [7, 11) is 3.27. The van der Waals surface area contributed by atoms with Crippen molar-refractivity contribution in [2.75, 3.05) is 25.7 Å². The molecular formula is C31H37N3O4. The Morgan fingerprint density at radius 1 is 0.947 bits per heavy atom. The zero-order valence-corrected chi connectivity index (χ0v) is 22.7. The van der Waals surface area contributed by atoms with Crippen LogP contribution in [0.2, 0.25) is 0 Å². The second-order valence-corrected chi connectivity index (χ2v) is 10.5. The molecule has 7 nitrogen and oxygen atoms in total. The predicted molar refractivity (Wildman–Crippen MR) is 148 cm³/mol. The Morgan fingerprint density at radius 2 is 1.68 bits per heavy atom. The summed E-state index contributed by atoms with van der Waals surface area (Å²) in [5.41, 5.74) is 3.49. The van der Waals surface area contributed by atoms with E-state index in [-0.39, 0.29) is 30.3 Å².